The van der Waals surface area contributed by atoms with Crippen molar-refractivity contribution in [3.63, 3.8) is 0 Å². The Bertz CT molecular complexity index is 463. The highest BCUT2D eigenvalue weighted by molar-refractivity contribution is 4.84. The van der Waals surface area contributed by atoms with Crippen LogP contribution in [-0.2, 0) is 6.54 Å². The number of aromatic amines is 1. The third kappa shape index (κ3) is 2.41. The van der Waals surface area contributed by atoms with Crippen LogP contribution in [0.2, 0.25) is 0 Å². The van der Waals surface area contributed by atoms with Crippen LogP contribution in [-0.4, -0.2) is 21.3 Å². The zero-order valence-electron chi connectivity index (χ0n) is 9.06. The van der Waals surface area contributed by atoms with E-state index in [1.54, 1.807) is 0 Å². The first kappa shape index (κ1) is 11.1. The highest BCUT2D eigenvalue weighted by Gasteiger charge is 2.24. The van der Waals surface area contributed by atoms with Crippen LogP contribution in [0.15, 0.2) is 21.9 Å². The zero-order valence-corrected chi connectivity index (χ0v) is 9.06. The lowest BCUT2D eigenvalue weighted by molar-refractivity contribution is 0.224. The van der Waals surface area contributed by atoms with Crippen molar-refractivity contribution < 1.29 is 5.11 Å². The Balaban J connectivity index is 2.05. The third-order valence-corrected chi connectivity index (χ3v) is 3.26. The van der Waals surface area contributed by atoms with Crippen LogP contribution >= 0.6 is 0 Å². The first-order valence-corrected chi connectivity index (χ1v) is 5.59. The Kier molecular flexibility index (Phi) is 3.24. The Hall–Kier alpha value is -1.36. The number of aliphatic hydroxyl groups is 1. The number of H-pyrrole nitrogens is 1. The standard InChI is InChI=1S/C11H16N2O3/c14-7-9-2-1-8(5-9)6-13-4-3-10(15)12-11(13)16/h3-4,8-9,14H,1-2,5-7H2,(H,12,15,16)/t8-,9+/m0/s1. The summed E-state index contributed by atoms with van der Waals surface area (Å²) in [4.78, 5) is 24.6. The van der Waals surface area contributed by atoms with E-state index in [1.807, 2.05) is 0 Å². The van der Waals surface area contributed by atoms with Crippen molar-refractivity contribution in [2.75, 3.05) is 6.61 Å². The fourth-order valence-electron chi connectivity index (χ4n) is 2.38. The molecular formula is C11H16N2O3. The first-order valence-electron chi connectivity index (χ1n) is 5.59. The van der Waals surface area contributed by atoms with Gasteiger partial charge in [0.15, 0.2) is 0 Å². The lowest BCUT2D eigenvalue weighted by Gasteiger charge is -2.11. The number of nitrogens with zero attached hydrogens (tertiary/aromatic N) is 1. The van der Waals surface area contributed by atoms with E-state index >= 15 is 0 Å². The van der Waals surface area contributed by atoms with Crippen LogP contribution in [0.25, 0.3) is 0 Å². The van der Waals surface area contributed by atoms with E-state index in [2.05, 4.69) is 4.98 Å². The molecule has 0 unspecified atom stereocenters. The van der Waals surface area contributed by atoms with Gasteiger partial charge in [0.1, 0.15) is 0 Å². The molecule has 2 N–H and O–H groups in total. The lowest BCUT2D eigenvalue weighted by atomic mass is 10.1. The lowest BCUT2D eigenvalue weighted by Crippen LogP contribution is -2.30. The summed E-state index contributed by atoms with van der Waals surface area (Å²) >= 11 is 0. The first-order chi connectivity index (χ1) is 7.69. The van der Waals surface area contributed by atoms with Gasteiger partial charge < -0.3 is 9.67 Å². The van der Waals surface area contributed by atoms with Crippen molar-refractivity contribution in [1.82, 2.24) is 9.55 Å². The van der Waals surface area contributed by atoms with E-state index in [9.17, 15) is 9.59 Å². The summed E-state index contributed by atoms with van der Waals surface area (Å²) in [6.07, 6.45) is 4.56. The largest absolute Gasteiger partial charge is 0.396 e. The van der Waals surface area contributed by atoms with Crippen LogP contribution in [0.4, 0.5) is 0 Å². The monoisotopic (exact) mass is 224 g/mol. The Labute approximate surface area is 92.7 Å². The smallest absolute Gasteiger partial charge is 0.328 e. The summed E-state index contributed by atoms with van der Waals surface area (Å²) in [6, 6.07) is 1.36. The van der Waals surface area contributed by atoms with E-state index in [-0.39, 0.29) is 17.9 Å². The maximum Gasteiger partial charge on any atom is 0.328 e. The molecule has 1 aromatic heterocycles. The molecule has 0 bridgehead atoms. The zero-order chi connectivity index (χ0) is 11.5. The summed E-state index contributed by atoms with van der Waals surface area (Å²) in [5.41, 5.74) is -0.708. The predicted octanol–water partition coefficient (Wildman–Crippen LogP) is -0.0548. The number of aliphatic hydroxyl groups excluding tert-OH is 1. The van der Waals surface area contributed by atoms with E-state index in [0.29, 0.717) is 18.4 Å². The molecule has 2 rings (SSSR count). The molecule has 0 radical (unpaired) electrons. The molecule has 1 aliphatic rings. The van der Waals surface area contributed by atoms with Crippen LogP contribution in [0.3, 0.4) is 0 Å². The van der Waals surface area contributed by atoms with E-state index in [4.69, 9.17) is 5.11 Å². The molecule has 16 heavy (non-hydrogen) atoms. The summed E-state index contributed by atoms with van der Waals surface area (Å²) in [6.45, 7) is 0.864. The fraction of sp³-hybridized carbons (Fsp3) is 0.636. The maximum atomic E-state index is 11.4. The molecule has 5 nitrogen and oxygen atoms in total. The minimum atomic E-state index is -0.360. The topological polar surface area (TPSA) is 75.1 Å². The van der Waals surface area contributed by atoms with E-state index in [1.165, 1.54) is 16.8 Å². The van der Waals surface area contributed by atoms with Crippen LogP contribution in [0.5, 0.6) is 0 Å². The van der Waals surface area contributed by atoms with Gasteiger partial charge in [0, 0.05) is 25.4 Å². The van der Waals surface area contributed by atoms with Crippen molar-refractivity contribution in [2.24, 2.45) is 11.8 Å². The SMILES string of the molecule is O=c1ccn(C[C@H]2CC[C@@H](CO)C2)c(=O)[nH]1. The van der Waals surface area contributed by atoms with Gasteiger partial charge in [-0.05, 0) is 31.1 Å². The van der Waals surface area contributed by atoms with Crippen molar-refractivity contribution in [2.45, 2.75) is 25.8 Å². The second-order valence-electron chi connectivity index (χ2n) is 4.49. The summed E-state index contributed by atoms with van der Waals surface area (Å²) in [7, 11) is 0. The molecule has 0 aliphatic heterocycles. The maximum absolute atomic E-state index is 11.4. The van der Waals surface area contributed by atoms with Crippen molar-refractivity contribution in [3.05, 3.63) is 33.1 Å². The van der Waals surface area contributed by atoms with Crippen molar-refractivity contribution >= 4 is 0 Å². The fourth-order valence-corrected chi connectivity index (χ4v) is 2.38. The van der Waals surface area contributed by atoms with Gasteiger partial charge in [0.2, 0.25) is 0 Å². The van der Waals surface area contributed by atoms with Gasteiger partial charge in [-0.2, -0.15) is 0 Å². The molecule has 1 saturated carbocycles. The molecular weight excluding hydrogens is 208 g/mol. The highest BCUT2D eigenvalue weighted by Crippen LogP contribution is 2.31. The van der Waals surface area contributed by atoms with Gasteiger partial charge in [-0.15, -0.1) is 0 Å². The Morgan fingerprint density at radius 1 is 1.38 bits per heavy atom. The molecule has 5 heteroatoms. The van der Waals surface area contributed by atoms with Gasteiger partial charge in [-0.1, -0.05) is 0 Å². The molecule has 2 atom stereocenters. The second-order valence-corrected chi connectivity index (χ2v) is 4.49. The van der Waals surface area contributed by atoms with Gasteiger partial charge in [-0.3, -0.25) is 9.78 Å². The number of nitrogens with one attached hydrogen (secondary N) is 1. The number of hydrogen-bond donors (Lipinski definition) is 2. The number of hydrogen-bond acceptors (Lipinski definition) is 3. The molecule has 0 amide bonds. The Morgan fingerprint density at radius 2 is 2.12 bits per heavy atom. The number of rotatable bonds is 3. The van der Waals surface area contributed by atoms with Crippen LogP contribution in [0.1, 0.15) is 19.3 Å². The van der Waals surface area contributed by atoms with Gasteiger partial charge in [0.25, 0.3) is 5.56 Å². The highest BCUT2D eigenvalue weighted by atomic mass is 16.3. The molecule has 1 heterocycles. The average molecular weight is 224 g/mol. The predicted molar refractivity (Wildman–Crippen MR) is 59.2 cm³/mol. The van der Waals surface area contributed by atoms with E-state index < -0.39 is 0 Å². The van der Waals surface area contributed by atoms with Gasteiger partial charge >= 0.3 is 5.69 Å². The molecule has 0 aromatic carbocycles. The molecule has 1 aliphatic carbocycles. The summed E-state index contributed by atoms with van der Waals surface area (Å²) in [5.74, 6) is 0.809. The summed E-state index contributed by atoms with van der Waals surface area (Å²) in [5, 5.41) is 9.02. The minimum Gasteiger partial charge on any atom is -0.396 e. The van der Waals surface area contributed by atoms with E-state index in [0.717, 1.165) is 19.3 Å². The van der Waals surface area contributed by atoms with Crippen molar-refractivity contribution in [1.29, 1.82) is 0 Å². The Morgan fingerprint density at radius 3 is 2.75 bits per heavy atom. The van der Waals surface area contributed by atoms with Crippen LogP contribution < -0.4 is 11.2 Å². The quantitative estimate of drug-likeness (QED) is 0.755. The third-order valence-electron chi connectivity index (χ3n) is 3.26. The number of aromatic nitrogens is 2. The average Bonchev–Trinajstić information content (AvgIpc) is 2.70. The minimum absolute atomic E-state index is 0.233. The van der Waals surface area contributed by atoms with Gasteiger partial charge in [0.05, 0.1) is 0 Å². The second kappa shape index (κ2) is 4.65. The summed E-state index contributed by atoms with van der Waals surface area (Å²) < 4.78 is 1.53. The molecule has 1 aromatic rings. The molecule has 0 saturated heterocycles. The normalized spacial score (nSPS) is 24.8. The molecule has 88 valence electrons. The molecule has 0 spiro atoms. The van der Waals surface area contributed by atoms with Crippen molar-refractivity contribution in [3.8, 4) is 0 Å². The molecule has 1 fully saturated rings. The van der Waals surface area contributed by atoms with Gasteiger partial charge in [-0.25, -0.2) is 4.79 Å². The van der Waals surface area contributed by atoms with Crippen LogP contribution in [0, 0.1) is 11.8 Å².